The van der Waals surface area contributed by atoms with Crippen LogP contribution >= 0.6 is 0 Å². The van der Waals surface area contributed by atoms with Gasteiger partial charge in [-0.05, 0) is 6.92 Å². The summed E-state index contributed by atoms with van der Waals surface area (Å²) in [6.07, 6.45) is 0.170. The van der Waals surface area contributed by atoms with Gasteiger partial charge in [-0.3, -0.25) is 9.69 Å². The summed E-state index contributed by atoms with van der Waals surface area (Å²) in [5.74, 6) is 0.940. The largest absolute Gasteiger partial charge is 0.380 e. The molecule has 21 heavy (non-hydrogen) atoms. The minimum atomic E-state index is -0.186. The van der Waals surface area contributed by atoms with Gasteiger partial charge in [-0.1, -0.05) is 5.16 Å². The smallest absolute Gasteiger partial charge is 0.225 e. The Morgan fingerprint density at radius 2 is 2.19 bits per heavy atom. The fraction of sp³-hybridized carbons (Fsp3) is 0.714. The number of hydrogen-bond donors (Lipinski definition) is 1. The third-order valence-corrected chi connectivity index (χ3v) is 3.79. The molecule has 2 heterocycles. The van der Waals surface area contributed by atoms with Gasteiger partial charge in [0.15, 0.2) is 0 Å². The number of piperazine rings is 1. The van der Waals surface area contributed by atoms with Gasteiger partial charge in [0.1, 0.15) is 5.76 Å². The highest BCUT2D eigenvalue weighted by Gasteiger charge is 2.23. The molecular formula is C14H24N4O3. The molecule has 1 saturated heterocycles. The number of aryl methyl sites for hydroxylation is 1. The fourth-order valence-corrected chi connectivity index (χ4v) is 2.46. The number of carbonyl (C=O) groups excluding carboxylic acids is 1. The van der Waals surface area contributed by atoms with Gasteiger partial charge in [0, 0.05) is 52.4 Å². The van der Waals surface area contributed by atoms with Crippen LogP contribution < -0.4 is 5.73 Å². The van der Waals surface area contributed by atoms with E-state index in [2.05, 4.69) is 10.1 Å². The molecule has 0 aromatic carbocycles. The number of hydrogen-bond acceptors (Lipinski definition) is 6. The lowest BCUT2D eigenvalue weighted by Crippen LogP contribution is -2.49. The number of rotatable bonds is 6. The highest BCUT2D eigenvalue weighted by atomic mass is 16.5. The first-order valence-electron chi connectivity index (χ1n) is 7.27. The number of ether oxygens (including phenoxy) is 1. The molecule has 0 spiro atoms. The van der Waals surface area contributed by atoms with Gasteiger partial charge >= 0.3 is 0 Å². The Bertz CT molecular complexity index is 451. The molecule has 1 amide bonds. The summed E-state index contributed by atoms with van der Waals surface area (Å²) < 4.78 is 10.2. The summed E-state index contributed by atoms with van der Waals surface area (Å²) in [6, 6.07) is 1.95. The van der Waals surface area contributed by atoms with E-state index in [0.29, 0.717) is 13.0 Å². The highest BCUT2D eigenvalue weighted by molar-refractivity contribution is 5.76. The Balaban J connectivity index is 1.76. The number of nitrogens with two attached hydrogens (primary N) is 1. The van der Waals surface area contributed by atoms with Crippen LogP contribution in [-0.2, 0) is 16.1 Å². The Hall–Kier alpha value is -1.44. The van der Waals surface area contributed by atoms with Gasteiger partial charge in [0.25, 0.3) is 0 Å². The number of methoxy groups -OCH3 is 1. The molecule has 0 aliphatic carbocycles. The van der Waals surface area contributed by atoms with E-state index in [9.17, 15) is 4.79 Å². The van der Waals surface area contributed by atoms with E-state index in [1.165, 1.54) is 0 Å². The van der Waals surface area contributed by atoms with Crippen LogP contribution in [0.1, 0.15) is 17.9 Å². The summed E-state index contributed by atoms with van der Waals surface area (Å²) in [5, 5.41) is 4.00. The van der Waals surface area contributed by atoms with Gasteiger partial charge in [0.2, 0.25) is 5.91 Å². The Labute approximate surface area is 125 Å². The first kappa shape index (κ1) is 15.9. The Morgan fingerprint density at radius 3 is 2.71 bits per heavy atom. The second-order valence-electron chi connectivity index (χ2n) is 5.38. The average molecular weight is 296 g/mol. The van der Waals surface area contributed by atoms with Crippen LogP contribution in [0.15, 0.2) is 10.6 Å². The molecule has 0 bridgehead atoms. The molecule has 0 saturated carbocycles. The van der Waals surface area contributed by atoms with Gasteiger partial charge in [-0.15, -0.1) is 0 Å². The van der Waals surface area contributed by atoms with Crippen molar-refractivity contribution in [3.05, 3.63) is 17.5 Å². The van der Waals surface area contributed by atoms with Gasteiger partial charge in [-0.2, -0.15) is 0 Å². The quantitative estimate of drug-likeness (QED) is 0.795. The summed E-state index contributed by atoms with van der Waals surface area (Å²) in [4.78, 5) is 16.3. The van der Waals surface area contributed by atoms with Crippen LogP contribution in [0.5, 0.6) is 0 Å². The molecular weight excluding hydrogens is 272 g/mol. The van der Waals surface area contributed by atoms with Crippen LogP contribution in [0.2, 0.25) is 0 Å². The van der Waals surface area contributed by atoms with Crippen molar-refractivity contribution in [3.63, 3.8) is 0 Å². The molecule has 0 radical (unpaired) electrons. The summed E-state index contributed by atoms with van der Waals surface area (Å²) in [6.45, 7) is 6.18. The van der Waals surface area contributed by atoms with Gasteiger partial charge in [0.05, 0.1) is 18.2 Å². The second-order valence-corrected chi connectivity index (χ2v) is 5.38. The highest BCUT2D eigenvalue weighted by Crippen LogP contribution is 2.10. The third-order valence-electron chi connectivity index (χ3n) is 3.79. The molecule has 2 rings (SSSR count). The van der Waals surface area contributed by atoms with E-state index < -0.39 is 0 Å². The van der Waals surface area contributed by atoms with E-state index in [-0.39, 0.29) is 12.0 Å². The van der Waals surface area contributed by atoms with Crippen molar-refractivity contribution in [2.75, 3.05) is 39.8 Å². The van der Waals surface area contributed by atoms with E-state index in [1.807, 2.05) is 17.9 Å². The minimum absolute atomic E-state index is 0.115. The first-order chi connectivity index (χ1) is 10.1. The molecule has 1 aliphatic rings. The zero-order valence-electron chi connectivity index (χ0n) is 12.7. The van der Waals surface area contributed by atoms with E-state index in [0.717, 1.165) is 44.2 Å². The van der Waals surface area contributed by atoms with Crippen molar-refractivity contribution < 1.29 is 14.1 Å². The van der Waals surface area contributed by atoms with Crippen LogP contribution in [0.3, 0.4) is 0 Å². The van der Waals surface area contributed by atoms with E-state index in [4.69, 9.17) is 15.0 Å². The SMILES string of the molecule is COC(CN)CC(=O)N1CCN(Cc2cc(C)on2)CC1. The monoisotopic (exact) mass is 296 g/mol. The zero-order valence-corrected chi connectivity index (χ0v) is 12.7. The summed E-state index contributed by atoms with van der Waals surface area (Å²) in [5.41, 5.74) is 6.49. The number of carbonyl (C=O) groups is 1. The van der Waals surface area contributed by atoms with Crippen LogP contribution in [0, 0.1) is 6.92 Å². The lowest BCUT2D eigenvalue weighted by atomic mass is 10.2. The topological polar surface area (TPSA) is 84.8 Å². The molecule has 1 fully saturated rings. The van der Waals surface area contributed by atoms with Gasteiger partial charge in [-0.25, -0.2) is 0 Å². The van der Waals surface area contributed by atoms with Crippen molar-refractivity contribution in [1.82, 2.24) is 15.0 Å². The zero-order chi connectivity index (χ0) is 15.2. The average Bonchev–Trinajstić information content (AvgIpc) is 2.90. The van der Waals surface area contributed by atoms with Crippen molar-refractivity contribution in [2.24, 2.45) is 5.73 Å². The summed E-state index contributed by atoms with van der Waals surface area (Å²) in [7, 11) is 1.59. The predicted molar refractivity (Wildman–Crippen MR) is 77.6 cm³/mol. The van der Waals surface area contributed by atoms with E-state index >= 15 is 0 Å². The number of amides is 1. The molecule has 7 nitrogen and oxygen atoms in total. The Kier molecular flexibility index (Phi) is 5.72. The standard InChI is InChI=1S/C14H24N4O3/c1-11-7-12(16-21-11)10-17-3-5-18(6-4-17)14(19)8-13(9-15)20-2/h7,13H,3-6,8-10,15H2,1-2H3. The summed E-state index contributed by atoms with van der Waals surface area (Å²) >= 11 is 0. The molecule has 1 atom stereocenters. The lowest BCUT2D eigenvalue weighted by molar-refractivity contribution is -0.135. The Morgan fingerprint density at radius 1 is 1.48 bits per heavy atom. The van der Waals surface area contributed by atoms with Crippen LogP contribution in [0.4, 0.5) is 0 Å². The maximum atomic E-state index is 12.1. The minimum Gasteiger partial charge on any atom is -0.380 e. The third kappa shape index (κ3) is 4.52. The molecule has 118 valence electrons. The van der Waals surface area contributed by atoms with Crippen molar-refractivity contribution in [3.8, 4) is 0 Å². The maximum Gasteiger partial charge on any atom is 0.225 e. The molecule has 1 unspecified atom stereocenters. The first-order valence-corrected chi connectivity index (χ1v) is 7.27. The fourth-order valence-electron chi connectivity index (χ4n) is 2.46. The number of nitrogens with zero attached hydrogens (tertiary/aromatic N) is 3. The predicted octanol–water partition coefficient (Wildman–Crippen LogP) is -0.00898. The van der Waals surface area contributed by atoms with Crippen molar-refractivity contribution in [2.45, 2.75) is 26.0 Å². The molecule has 1 aromatic rings. The lowest BCUT2D eigenvalue weighted by Gasteiger charge is -2.34. The second kappa shape index (κ2) is 7.53. The van der Waals surface area contributed by atoms with Crippen LogP contribution in [-0.4, -0.2) is 66.8 Å². The van der Waals surface area contributed by atoms with Gasteiger partial charge < -0.3 is 19.9 Å². The maximum absolute atomic E-state index is 12.1. The molecule has 1 aliphatic heterocycles. The van der Waals surface area contributed by atoms with Crippen LogP contribution in [0.25, 0.3) is 0 Å². The molecule has 2 N–H and O–H groups in total. The van der Waals surface area contributed by atoms with Crippen molar-refractivity contribution >= 4 is 5.91 Å². The van der Waals surface area contributed by atoms with E-state index in [1.54, 1.807) is 7.11 Å². The normalized spacial score (nSPS) is 18.0. The molecule has 1 aromatic heterocycles. The number of aromatic nitrogens is 1. The van der Waals surface area contributed by atoms with Crippen molar-refractivity contribution in [1.29, 1.82) is 0 Å². The molecule has 7 heteroatoms.